The van der Waals surface area contributed by atoms with Crippen molar-refractivity contribution in [1.29, 1.82) is 0 Å². The lowest BCUT2D eigenvalue weighted by atomic mass is 9.95. The number of hydrogen-bond donors (Lipinski definition) is 4. The molecular formula is C67H63F3N8O6S2. The molecule has 0 spiro atoms. The lowest BCUT2D eigenvalue weighted by molar-refractivity contribution is -0.258. The fraction of sp³-hybridized carbons (Fsp3) is 0.194. The van der Waals surface area contributed by atoms with E-state index >= 15 is 0 Å². The molecule has 0 saturated carbocycles. The van der Waals surface area contributed by atoms with E-state index in [9.17, 15) is 37.5 Å². The summed E-state index contributed by atoms with van der Waals surface area (Å²) in [6.45, 7) is 14.6. The van der Waals surface area contributed by atoms with Crippen LogP contribution < -0.4 is 16.0 Å². The van der Waals surface area contributed by atoms with Crippen LogP contribution in [0, 0.1) is 34.6 Å². The topological polar surface area (TPSA) is 194 Å². The minimum Gasteiger partial charge on any atom is -0.376 e. The quantitative estimate of drug-likeness (QED) is 0.0863. The number of halogens is 3. The van der Waals surface area contributed by atoms with Gasteiger partial charge in [0.05, 0.1) is 20.8 Å². The number of Topliss-reactive ketones (excluding diaryl/α,β-unsaturated/α-hetero) is 1. The standard InChI is InChI=1S/C18H19N3O.C17H16F3NO2.C17H14N2O2.C15H14N2OS2/c1-3-13-5-8-15(9-6-13)21-19-17-10-7-14(11-16(22)4-2)12-18(17)20-21;1-11-3-5-12(6-4-11)15(22)21-14-9-7-13(8-10-14)16(2,23)17(18,19)20;1-12-6-5-9-14(10-12)17(20)18-16-11-15(19-21-16)13-7-3-2-4-8-13;1-8-6-10(3)12-11(7-8)20-15(16-12)17-14(18)13-9(2)4-5-19-13/h5-10,12H,3-4,11H2,1-2H3;3-10,23H,1-2H3,(H,21,22);2-11H,1H3,(H,18,20);4-7H,1-3H3,(H,16,17,18). The summed E-state index contributed by atoms with van der Waals surface area (Å²) in [6.07, 6.45) is -2.73. The minimum absolute atomic E-state index is 0.0778. The van der Waals surface area contributed by atoms with Crippen molar-refractivity contribution in [3.8, 4) is 16.9 Å². The molecule has 0 radical (unpaired) electrons. The Balaban J connectivity index is 0.000000149. The van der Waals surface area contributed by atoms with Crippen molar-refractivity contribution in [3.63, 3.8) is 0 Å². The number of fused-ring (bicyclic) bond motifs is 2. The van der Waals surface area contributed by atoms with E-state index in [1.807, 2.05) is 125 Å². The Bertz CT molecular complexity index is 4140. The lowest BCUT2D eigenvalue weighted by Crippen LogP contribution is -2.39. The number of nitrogens with zero attached hydrogens (tertiary/aromatic N) is 5. The summed E-state index contributed by atoms with van der Waals surface area (Å²) in [5, 5.41) is 33.4. The normalized spacial score (nSPS) is 11.7. The SMILES string of the molecule is CCC(=O)Cc1ccc2nn(-c3ccc(CC)cc3)nc2c1.Cc1cc(C)c2nc(NC(=O)c3sccc3C)sc2c1.Cc1ccc(C(=O)Nc2ccc(C(C)(O)C(F)(F)F)cc2)cc1.Cc1cccc(C(=O)Nc2cc(-c3ccccc3)no2)c1. The number of carbonyl (C=O) groups excluding carboxylic acids is 4. The van der Waals surface area contributed by atoms with Gasteiger partial charge >= 0.3 is 6.18 Å². The van der Waals surface area contributed by atoms with Crippen molar-refractivity contribution >= 4 is 84.1 Å². The highest BCUT2D eigenvalue weighted by Gasteiger charge is 2.51. The maximum absolute atomic E-state index is 12.8. The number of aryl methyl sites for hydroxylation is 6. The van der Waals surface area contributed by atoms with Gasteiger partial charge in [-0.1, -0.05) is 132 Å². The van der Waals surface area contributed by atoms with E-state index in [1.54, 1.807) is 41.2 Å². The first-order valence-corrected chi connectivity index (χ1v) is 29.1. The minimum atomic E-state index is -4.78. The van der Waals surface area contributed by atoms with Gasteiger partial charge in [-0.05, 0) is 160 Å². The van der Waals surface area contributed by atoms with Gasteiger partial charge in [0.25, 0.3) is 17.7 Å². The molecule has 0 aliphatic rings. The molecule has 0 fully saturated rings. The summed E-state index contributed by atoms with van der Waals surface area (Å²) in [6, 6.07) is 50.8. The van der Waals surface area contributed by atoms with Gasteiger partial charge in [-0.3, -0.25) is 29.8 Å². The fourth-order valence-corrected chi connectivity index (χ4v) is 10.4. The van der Waals surface area contributed by atoms with Crippen LogP contribution in [0.15, 0.2) is 180 Å². The van der Waals surface area contributed by atoms with E-state index in [-0.39, 0.29) is 29.1 Å². The van der Waals surface area contributed by atoms with Crippen LogP contribution in [0.4, 0.5) is 29.9 Å². The molecule has 0 saturated heterocycles. The first-order valence-electron chi connectivity index (χ1n) is 27.5. The number of nitrogens with one attached hydrogen (secondary N) is 3. The van der Waals surface area contributed by atoms with Crippen molar-refractivity contribution in [2.45, 2.75) is 86.4 Å². The highest BCUT2D eigenvalue weighted by atomic mass is 32.1. The zero-order valence-corrected chi connectivity index (χ0v) is 50.2. The number of anilines is 3. The molecule has 4 heterocycles. The van der Waals surface area contributed by atoms with Crippen LogP contribution >= 0.6 is 22.7 Å². The van der Waals surface area contributed by atoms with E-state index in [0.29, 0.717) is 53.3 Å². The third-order valence-corrected chi connectivity index (χ3v) is 15.5. The number of benzene rings is 7. The van der Waals surface area contributed by atoms with E-state index in [0.717, 1.165) is 83.7 Å². The summed E-state index contributed by atoms with van der Waals surface area (Å²) >= 11 is 2.97. The number of amides is 3. The largest absolute Gasteiger partial charge is 0.421 e. The third-order valence-electron chi connectivity index (χ3n) is 13.6. The molecule has 4 N–H and O–H groups in total. The van der Waals surface area contributed by atoms with Crippen molar-refractivity contribution in [3.05, 3.63) is 236 Å². The molecule has 4 aromatic heterocycles. The van der Waals surface area contributed by atoms with E-state index in [2.05, 4.69) is 74.4 Å². The van der Waals surface area contributed by atoms with Gasteiger partial charge in [0.15, 0.2) is 10.7 Å². The maximum Gasteiger partial charge on any atom is 0.421 e. The second kappa shape index (κ2) is 28.0. The second-order valence-corrected chi connectivity index (χ2v) is 22.4. The molecule has 1 unspecified atom stereocenters. The number of alkyl halides is 3. The van der Waals surface area contributed by atoms with Gasteiger partial charge in [-0.15, -0.1) is 21.5 Å². The van der Waals surface area contributed by atoms with Crippen molar-refractivity contribution in [2.75, 3.05) is 16.0 Å². The Morgan fingerprint density at radius 3 is 1.97 bits per heavy atom. The van der Waals surface area contributed by atoms with Gasteiger partial charge in [-0.2, -0.15) is 18.0 Å². The van der Waals surface area contributed by atoms with Crippen LogP contribution in [0.5, 0.6) is 0 Å². The molecule has 440 valence electrons. The summed E-state index contributed by atoms with van der Waals surface area (Å²) < 4.78 is 44.6. The van der Waals surface area contributed by atoms with Crippen LogP contribution in [0.25, 0.3) is 38.2 Å². The first kappa shape index (κ1) is 62.6. The predicted molar refractivity (Wildman–Crippen MR) is 336 cm³/mol. The van der Waals surface area contributed by atoms with E-state index < -0.39 is 11.8 Å². The van der Waals surface area contributed by atoms with Gasteiger partial charge in [0, 0.05) is 41.3 Å². The summed E-state index contributed by atoms with van der Waals surface area (Å²) in [4.78, 5) is 54.8. The first-order chi connectivity index (χ1) is 41.1. The number of carbonyl (C=O) groups is 4. The molecule has 11 rings (SSSR count). The number of hydrogen-bond acceptors (Lipinski definition) is 12. The second-order valence-electron chi connectivity index (χ2n) is 20.5. The molecule has 11 aromatic rings. The average molecular weight is 1200 g/mol. The Kier molecular flexibility index (Phi) is 20.4. The molecule has 0 bridgehead atoms. The van der Waals surface area contributed by atoms with Crippen LogP contribution in [0.3, 0.4) is 0 Å². The number of ketones is 1. The summed E-state index contributed by atoms with van der Waals surface area (Å²) in [7, 11) is 0. The Labute approximate surface area is 503 Å². The van der Waals surface area contributed by atoms with E-state index in [4.69, 9.17) is 4.52 Å². The van der Waals surface area contributed by atoms with Crippen molar-refractivity contribution in [1.82, 2.24) is 25.1 Å². The van der Waals surface area contributed by atoms with Crippen LogP contribution in [0.2, 0.25) is 0 Å². The molecule has 3 amide bonds. The summed E-state index contributed by atoms with van der Waals surface area (Å²) in [5.41, 5.74) is 11.0. The third kappa shape index (κ3) is 16.3. The number of thiophene rings is 1. The Hall–Kier alpha value is -9.43. The highest BCUT2D eigenvalue weighted by molar-refractivity contribution is 7.22. The Morgan fingerprint density at radius 2 is 1.31 bits per heavy atom. The lowest BCUT2D eigenvalue weighted by Gasteiger charge is -2.26. The Morgan fingerprint density at radius 1 is 0.628 bits per heavy atom. The smallest absolute Gasteiger partial charge is 0.376 e. The molecule has 19 heteroatoms. The molecule has 0 aliphatic carbocycles. The van der Waals surface area contributed by atoms with Crippen molar-refractivity contribution < 1.29 is 42.0 Å². The van der Waals surface area contributed by atoms with Crippen LogP contribution in [-0.2, 0) is 23.2 Å². The van der Waals surface area contributed by atoms with Crippen LogP contribution in [-0.4, -0.2) is 59.9 Å². The zero-order chi connectivity index (χ0) is 61.7. The molecule has 86 heavy (non-hydrogen) atoms. The van der Waals surface area contributed by atoms with Gasteiger partial charge in [0.2, 0.25) is 5.88 Å². The zero-order valence-electron chi connectivity index (χ0n) is 48.5. The number of rotatable bonds is 13. The molecule has 1 atom stereocenters. The van der Waals surface area contributed by atoms with Crippen molar-refractivity contribution in [2.24, 2.45) is 0 Å². The molecule has 14 nitrogen and oxygen atoms in total. The van der Waals surface area contributed by atoms with Crippen LogP contribution in [0.1, 0.15) is 102 Å². The van der Waals surface area contributed by atoms with Gasteiger partial charge in [-0.25, -0.2) is 4.98 Å². The highest BCUT2D eigenvalue weighted by Crippen LogP contribution is 2.39. The molecular weight excluding hydrogens is 1130 g/mol. The predicted octanol–water partition coefficient (Wildman–Crippen LogP) is 16.0. The number of thiazole rings is 1. The number of aliphatic hydroxyl groups is 1. The monoisotopic (exact) mass is 1200 g/mol. The average Bonchev–Trinajstić information content (AvgIpc) is 4.42. The molecule has 0 aliphatic heterocycles. The van der Waals surface area contributed by atoms with E-state index in [1.165, 1.54) is 45.9 Å². The van der Waals surface area contributed by atoms with Gasteiger partial charge in [0.1, 0.15) is 22.5 Å². The maximum atomic E-state index is 12.8. The van der Waals surface area contributed by atoms with Gasteiger partial charge < -0.3 is 14.9 Å². The fourth-order valence-electron chi connectivity index (χ4n) is 8.59. The number of aromatic nitrogens is 5. The summed E-state index contributed by atoms with van der Waals surface area (Å²) in [5.74, 6) is -0.0806. The molecule has 7 aromatic carbocycles.